The lowest BCUT2D eigenvalue weighted by atomic mass is 10.1. The Morgan fingerprint density at radius 3 is 2.39 bits per heavy atom. The van der Waals surface area contributed by atoms with Gasteiger partial charge >= 0.3 is 10.1 Å². The van der Waals surface area contributed by atoms with Crippen molar-refractivity contribution < 1.29 is 27.1 Å². The van der Waals surface area contributed by atoms with Crippen LogP contribution in [-0.4, -0.2) is 29.4 Å². The number of carbonyl (C=O) groups excluding carboxylic acids is 2. The van der Waals surface area contributed by atoms with Crippen LogP contribution in [0.5, 0.6) is 5.75 Å². The summed E-state index contributed by atoms with van der Waals surface area (Å²) in [5.74, 6) is -0.752. The molecule has 3 aromatic rings. The van der Waals surface area contributed by atoms with E-state index in [1.807, 2.05) is 0 Å². The second kappa shape index (κ2) is 10.3. The van der Waals surface area contributed by atoms with E-state index in [1.54, 1.807) is 6.07 Å². The number of amides is 2. The summed E-state index contributed by atoms with van der Waals surface area (Å²) in [6.45, 7) is -0.255. The maximum Gasteiger partial charge on any atom is 0.339 e. The van der Waals surface area contributed by atoms with Crippen molar-refractivity contribution in [2.45, 2.75) is 11.4 Å². The SMILES string of the molecule is O=C1S/C(=C\c2ccc(OS(=O)(=O)c3ccc(Cl)cc3)c(Cl)c2)C(=O)N1Cc1ccccc1[N+](=O)[O-]. The van der Waals surface area contributed by atoms with Gasteiger partial charge in [-0.2, -0.15) is 8.42 Å². The van der Waals surface area contributed by atoms with E-state index in [0.717, 1.165) is 4.90 Å². The lowest BCUT2D eigenvalue weighted by molar-refractivity contribution is -0.385. The van der Waals surface area contributed by atoms with Gasteiger partial charge in [0.1, 0.15) is 4.90 Å². The number of imide groups is 1. The lowest BCUT2D eigenvalue weighted by Crippen LogP contribution is -2.27. The first kappa shape index (κ1) is 25.7. The summed E-state index contributed by atoms with van der Waals surface area (Å²) in [5.41, 5.74) is 0.432. The Bertz CT molecular complexity index is 1520. The molecule has 13 heteroatoms. The number of carbonyl (C=O) groups is 2. The summed E-state index contributed by atoms with van der Waals surface area (Å²) in [6, 6.07) is 15.4. The molecule has 0 unspecified atom stereocenters. The molecule has 9 nitrogen and oxygen atoms in total. The molecular formula is C23H14Cl2N2O7S2. The zero-order valence-electron chi connectivity index (χ0n) is 18.0. The molecule has 0 atom stereocenters. The molecule has 1 heterocycles. The fourth-order valence-electron chi connectivity index (χ4n) is 3.22. The van der Waals surface area contributed by atoms with Gasteiger partial charge in [-0.3, -0.25) is 24.6 Å². The predicted octanol–water partition coefficient (Wildman–Crippen LogP) is 5.91. The van der Waals surface area contributed by atoms with Gasteiger partial charge in [-0.1, -0.05) is 47.5 Å². The largest absolute Gasteiger partial charge is 0.377 e. The molecule has 1 fully saturated rings. The second-order valence-electron chi connectivity index (χ2n) is 7.33. The number of halogens is 2. The Hall–Kier alpha value is -3.38. The Kier molecular flexibility index (Phi) is 7.36. The first-order chi connectivity index (χ1) is 17.0. The molecule has 36 heavy (non-hydrogen) atoms. The quantitative estimate of drug-likeness (QED) is 0.150. The number of hydrogen-bond donors (Lipinski definition) is 0. The smallest absolute Gasteiger partial charge is 0.339 e. The Morgan fingerprint density at radius 1 is 1.03 bits per heavy atom. The fraction of sp³-hybridized carbons (Fsp3) is 0.0435. The fourth-order valence-corrected chi connectivity index (χ4v) is 5.41. The van der Waals surface area contributed by atoms with Crippen LogP contribution in [-0.2, 0) is 21.5 Å². The van der Waals surface area contributed by atoms with Crippen molar-refractivity contribution in [1.29, 1.82) is 0 Å². The molecule has 0 saturated carbocycles. The van der Waals surface area contributed by atoms with Gasteiger partial charge in [0.05, 0.1) is 21.4 Å². The highest BCUT2D eigenvalue weighted by Crippen LogP contribution is 2.36. The van der Waals surface area contributed by atoms with Crippen molar-refractivity contribution in [2.24, 2.45) is 0 Å². The number of benzene rings is 3. The van der Waals surface area contributed by atoms with Crippen molar-refractivity contribution in [3.8, 4) is 5.75 Å². The van der Waals surface area contributed by atoms with Crippen LogP contribution < -0.4 is 4.18 Å². The van der Waals surface area contributed by atoms with Crippen molar-refractivity contribution in [3.05, 3.63) is 103 Å². The third-order valence-electron chi connectivity index (χ3n) is 4.95. The van der Waals surface area contributed by atoms with E-state index >= 15 is 0 Å². The Labute approximate surface area is 219 Å². The summed E-state index contributed by atoms with van der Waals surface area (Å²) < 4.78 is 30.1. The third kappa shape index (κ3) is 5.54. The van der Waals surface area contributed by atoms with Crippen molar-refractivity contribution in [1.82, 2.24) is 4.90 Å². The summed E-state index contributed by atoms with van der Waals surface area (Å²) in [4.78, 5) is 36.8. The van der Waals surface area contributed by atoms with Crippen LogP contribution in [0.3, 0.4) is 0 Å². The van der Waals surface area contributed by atoms with Crippen LogP contribution in [0.2, 0.25) is 10.0 Å². The molecular weight excluding hydrogens is 551 g/mol. The first-order valence-electron chi connectivity index (χ1n) is 10.0. The third-order valence-corrected chi connectivity index (χ3v) is 7.65. The number of nitro groups is 1. The van der Waals surface area contributed by atoms with Crippen LogP contribution in [0, 0.1) is 10.1 Å². The highest BCUT2D eigenvalue weighted by Gasteiger charge is 2.36. The Balaban J connectivity index is 1.53. The second-order valence-corrected chi connectivity index (χ2v) is 10.7. The summed E-state index contributed by atoms with van der Waals surface area (Å²) in [5, 5.41) is 11.0. The van der Waals surface area contributed by atoms with Crippen LogP contribution in [0.4, 0.5) is 10.5 Å². The standard InChI is InChI=1S/C23H14Cl2N2O7S2/c24-16-6-8-17(9-7-16)36(32,33)34-20-10-5-14(11-18(20)25)12-21-22(28)26(23(29)35-21)13-15-3-1-2-4-19(15)27(30)31/h1-12H,13H2/b21-12-. The van der Waals surface area contributed by atoms with Crippen molar-refractivity contribution >= 4 is 68.0 Å². The topological polar surface area (TPSA) is 124 Å². The minimum absolute atomic E-state index is 0.0413. The van der Waals surface area contributed by atoms with Crippen molar-refractivity contribution in [2.75, 3.05) is 0 Å². The zero-order valence-corrected chi connectivity index (χ0v) is 21.1. The maximum absolute atomic E-state index is 12.8. The van der Waals surface area contributed by atoms with E-state index in [2.05, 4.69) is 0 Å². The minimum atomic E-state index is -4.17. The van der Waals surface area contributed by atoms with E-state index in [4.69, 9.17) is 27.4 Å². The highest BCUT2D eigenvalue weighted by atomic mass is 35.5. The van der Waals surface area contributed by atoms with Crippen LogP contribution >= 0.6 is 35.0 Å². The molecule has 1 aliphatic heterocycles. The number of nitro benzene ring substituents is 1. The molecule has 3 aromatic carbocycles. The van der Waals surface area contributed by atoms with Gasteiger partial charge in [0, 0.05) is 16.7 Å². The molecule has 0 aliphatic carbocycles. The molecule has 0 N–H and O–H groups in total. The predicted molar refractivity (Wildman–Crippen MR) is 135 cm³/mol. The average Bonchev–Trinajstić information content (AvgIpc) is 3.08. The number of rotatable bonds is 7. The van der Waals surface area contributed by atoms with Gasteiger partial charge in [0.2, 0.25) is 0 Å². The number of thioether (sulfide) groups is 1. The van der Waals surface area contributed by atoms with Gasteiger partial charge in [-0.25, -0.2) is 0 Å². The molecule has 184 valence electrons. The van der Waals surface area contributed by atoms with E-state index in [-0.39, 0.29) is 38.4 Å². The van der Waals surface area contributed by atoms with Gasteiger partial charge in [0.15, 0.2) is 5.75 Å². The number of para-hydroxylation sites is 1. The average molecular weight is 565 g/mol. The van der Waals surface area contributed by atoms with E-state index in [1.165, 1.54) is 66.7 Å². The van der Waals surface area contributed by atoms with Gasteiger partial charge in [0.25, 0.3) is 16.8 Å². The monoisotopic (exact) mass is 564 g/mol. The summed E-state index contributed by atoms with van der Waals surface area (Å²) in [7, 11) is -4.17. The van der Waals surface area contributed by atoms with E-state index in [0.29, 0.717) is 22.3 Å². The van der Waals surface area contributed by atoms with Gasteiger partial charge in [-0.15, -0.1) is 0 Å². The van der Waals surface area contributed by atoms with E-state index in [9.17, 15) is 28.1 Å². The minimum Gasteiger partial charge on any atom is -0.377 e. The van der Waals surface area contributed by atoms with Crippen LogP contribution in [0.25, 0.3) is 6.08 Å². The molecule has 1 aliphatic rings. The summed E-state index contributed by atoms with van der Waals surface area (Å²) >= 11 is 12.7. The van der Waals surface area contributed by atoms with E-state index < -0.39 is 26.2 Å². The normalized spacial score (nSPS) is 14.9. The van der Waals surface area contributed by atoms with Gasteiger partial charge in [-0.05, 0) is 59.8 Å². The first-order valence-corrected chi connectivity index (χ1v) is 13.0. The maximum atomic E-state index is 12.8. The zero-order chi connectivity index (χ0) is 26.0. The molecule has 0 spiro atoms. The molecule has 2 amide bonds. The van der Waals surface area contributed by atoms with Crippen LogP contribution in [0.1, 0.15) is 11.1 Å². The van der Waals surface area contributed by atoms with Crippen molar-refractivity contribution in [3.63, 3.8) is 0 Å². The van der Waals surface area contributed by atoms with Gasteiger partial charge < -0.3 is 4.18 Å². The molecule has 1 saturated heterocycles. The summed E-state index contributed by atoms with van der Waals surface area (Å²) in [6.07, 6.45) is 1.41. The molecule has 0 bridgehead atoms. The highest BCUT2D eigenvalue weighted by molar-refractivity contribution is 8.18. The van der Waals surface area contributed by atoms with Crippen LogP contribution in [0.15, 0.2) is 76.5 Å². The molecule has 4 rings (SSSR count). The number of hydrogen-bond acceptors (Lipinski definition) is 8. The lowest BCUT2D eigenvalue weighted by Gasteiger charge is -2.12. The number of nitrogens with zero attached hydrogens (tertiary/aromatic N) is 2. The molecule has 0 radical (unpaired) electrons. The molecule has 0 aromatic heterocycles. The Morgan fingerprint density at radius 2 is 1.72 bits per heavy atom.